The van der Waals surface area contributed by atoms with Crippen LogP contribution in [0.25, 0.3) is 0 Å². The van der Waals surface area contributed by atoms with Gasteiger partial charge in [-0.1, -0.05) is 36.4 Å². The first kappa shape index (κ1) is 16.7. The highest BCUT2D eigenvalue weighted by molar-refractivity contribution is 5.78. The number of carbonyl (C=O) groups excluding carboxylic acids is 1. The molecule has 1 fully saturated rings. The van der Waals surface area contributed by atoms with E-state index < -0.39 is 0 Å². The van der Waals surface area contributed by atoms with Crippen molar-refractivity contribution >= 4 is 5.91 Å². The van der Waals surface area contributed by atoms with Gasteiger partial charge >= 0.3 is 0 Å². The van der Waals surface area contributed by atoms with E-state index in [-0.39, 0.29) is 12.0 Å². The summed E-state index contributed by atoms with van der Waals surface area (Å²) in [5.41, 5.74) is 3.26. The molecule has 0 saturated carbocycles. The minimum atomic E-state index is 0.124. The molecule has 0 N–H and O–H groups in total. The fourth-order valence-electron chi connectivity index (χ4n) is 2.98. The van der Waals surface area contributed by atoms with Gasteiger partial charge in [-0.25, -0.2) is 0 Å². The molecule has 1 aromatic heterocycles. The number of aromatic nitrogens is 1. The lowest BCUT2D eigenvalue weighted by Gasteiger charge is -2.33. The summed E-state index contributed by atoms with van der Waals surface area (Å²) in [5, 5.41) is 0. The molecule has 0 radical (unpaired) electrons. The highest BCUT2D eigenvalue weighted by Crippen LogP contribution is 2.14. The van der Waals surface area contributed by atoms with Gasteiger partial charge in [0.05, 0.1) is 19.1 Å². The van der Waals surface area contributed by atoms with Gasteiger partial charge < -0.3 is 9.64 Å². The summed E-state index contributed by atoms with van der Waals surface area (Å²) in [4.78, 5) is 18.7. The summed E-state index contributed by atoms with van der Waals surface area (Å²) in [6.07, 6.45) is 4.26. The third kappa shape index (κ3) is 4.65. The first-order chi connectivity index (χ1) is 11.7. The maximum Gasteiger partial charge on any atom is 0.227 e. The molecule has 0 spiro atoms. The van der Waals surface area contributed by atoms with E-state index in [0.29, 0.717) is 26.1 Å². The van der Waals surface area contributed by atoms with Crippen LogP contribution < -0.4 is 0 Å². The Balaban J connectivity index is 1.51. The summed E-state index contributed by atoms with van der Waals surface area (Å²) >= 11 is 0. The second-order valence-electron chi connectivity index (χ2n) is 6.34. The molecule has 1 unspecified atom stereocenters. The fraction of sp³-hybridized carbons (Fsp3) is 0.400. The summed E-state index contributed by atoms with van der Waals surface area (Å²) in [7, 11) is 0. The largest absolute Gasteiger partial charge is 0.375 e. The van der Waals surface area contributed by atoms with Crippen LogP contribution in [0.2, 0.25) is 0 Å². The molecule has 126 valence electrons. The molecule has 2 aromatic rings. The van der Waals surface area contributed by atoms with Crippen molar-refractivity contribution in [3.63, 3.8) is 0 Å². The highest BCUT2D eigenvalue weighted by Gasteiger charge is 2.24. The normalized spacial score (nSPS) is 17.7. The van der Waals surface area contributed by atoms with Crippen LogP contribution in [0.5, 0.6) is 0 Å². The Labute approximate surface area is 143 Å². The van der Waals surface area contributed by atoms with E-state index in [9.17, 15) is 4.79 Å². The number of nitrogens with zero attached hydrogens (tertiary/aromatic N) is 2. The molecule has 1 aromatic carbocycles. The van der Waals surface area contributed by atoms with E-state index in [2.05, 4.69) is 29.2 Å². The van der Waals surface area contributed by atoms with Gasteiger partial charge in [-0.05, 0) is 37.0 Å². The first-order valence-corrected chi connectivity index (χ1v) is 8.55. The summed E-state index contributed by atoms with van der Waals surface area (Å²) < 4.78 is 5.84. The first-order valence-electron chi connectivity index (χ1n) is 8.55. The second kappa shape index (κ2) is 8.06. The van der Waals surface area contributed by atoms with E-state index >= 15 is 0 Å². The van der Waals surface area contributed by atoms with Crippen molar-refractivity contribution in [2.75, 3.05) is 19.7 Å². The molecular weight excluding hydrogens is 300 g/mol. The molecule has 0 bridgehead atoms. The lowest BCUT2D eigenvalue weighted by atomic mass is 10.1. The number of morpholine rings is 1. The van der Waals surface area contributed by atoms with E-state index in [1.54, 1.807) is 6.20 Å². The molecular formula is C20H24N2O2. The Kier molecular flexibility index (Phi) is 5.59. The lowest BCUT2D eigenvalue weighted by molar-refractivity contribution is -0.138. The quantitative estimate of drug-likeness (QED) is 0.849. The maximum absolute atomic E-state index is 12.5. The van der Waals surface area contributed by atoms with E-state index in [4.69, 9.17) is 4.74 Å². The van der Waals surface area contributed by atoms with Crippen LogP contribution in [0, 0.1) is 6.92 Å². The number of hydrogen-bond acceptors (Lipinski definition) is 3. The maximum atomic E-state index is 12.5. The standard InChI is InChI=1S/C20H24N2O2/c1-16-7-8-18(14-21-16)13-20(23)22-11-12-24-19(15-22)10-9-17-5-3-2-4-6-17/h2-8,14,19H,9-13,15H2,1H3. The van der Waals surface area contributed by atoms with Crippen molar-refractivity contribution in [2.45, 2.75) is 32.3 Å². The monoisotopic (exact) mass is 324 g/mol. The van der Waals surface area contributed by atoms with Crippen molar-refractivity contribution in [1.82, 2.24) is 9.88 Å². The number of amides is 1. The molecule has 1 atom stereocenters. The Morgan fingerprint density at radius 1 is 1.21 bits per heavy atom. The summed E-state index contributed by atoms with van der Waals surface area (Å²) in [6, 6.07) is 14.3. The van der Waals surface area contributed by atoms with Crippen LogP contribution in [0.4, 0.5) is 0 Å². The van der Waals surface area contributed by atoms with Crippen molar-refractivity contribution in [3.8, 4) is 0 Å². The van der Waals surface area contributed by atoms with Crippen LogP contribution in [0.15, 0.2) is 48.7 Å². The average molecular weight is 324 g/mol. The molecule has 2 heterocycles. The number of rotatable bonds is 5. The molecule has 0 aliphatic carbocycles. The van der Waals surface area contributed by atoms with Crippen LogP contribution >= 0.6 is 0 Å². The number of carbonyl (C=O) groups is 1. The number of hydrogen-bond donors (Lipinski definition) is 0. The SMILES string of the molecule is Cc1ccc(CC(=O)N2CCOC(CCc3ccccc3)C2)cn1. The zero-order valence-corrected chi connectivity index (χ0v) is 14.1. The molecule has 3 rings (SSSR count). The Morgan fingerprint density at radius 3 is 2.79 bits per heavy atom. The van der Waals surface area contributed by atoms with Gasteiger partial charge in [0.25, 0.3) is 0 Å². The van der Waals surface area contributed by atoms with E-state index in [1.807, 2.05) is 30.0 Å². The lowest BCUT2D eigenvalue weighted by Crippen LogP contribution is -2.46. The fourth-order valence-corrected chi connectivity index (χ4v) is 2.98. The molecule has 1 amide bonds. The van der Waals surface area contributed by atoms with E-state index in [1.165, 1.54) is 5.56 Å². The van der Waals surface area contributed by atoms with Gasteiger partial charge in [-0.2, -0.15) is 0 Å². The minimum absolute atomic E-state index is 0.124. The van der Waals surface area contributed by atoms with Crippen molar-refractivity contribution in [1.29, 1.82) is 0 Å². The number of pyridine rings is 1. The third-order valence-corrected chi connectivity index (χ3v) is 4.42. The van der Waals surface area contributed by atoms with Crippen molar-refractivity contribution in [3.05, 3.63) is 65.5 Å². The zero-order chi connectivity index (χ0) is 16.8. The second-order valence-corrected chi connectivity index (χ2v) is 6.34. The van der Waals surface area contributed by atoms with Gasteiger partial charge in [0.2, 0.25) is 5.91 Å². The molecule has 1 saturated heterocycles. The predicted molar refractivity (Wildman–Crippen MR) is 93.8 cm³/mol. The summed E-state index contributed by atoms with van der Waals surface area (Å²) in [6.45, 7) is 3.94. The molecule has 4 nitrogen and oxygen atoms in total. The van der Waals surface area contributed by atoms with Crippen LogP contribution in [-0.2, 0) is 22.4 Å². The van der Waals surface area contributed by atoms with Gasteiger partial charge in [0.1, 0.15) is 0 Å². The molecule has 1 aliphatic heterocycles. The highest BCUT2D eigenvalue weighted by atomic mass is 16.5. The van der Waals surface area contributed by atoms with Crippen LogP contribution in [0.1, 0.15) is 23.2 Å². The van der Waals surface area contributed by atoms with Gasteiger partial charge in [-0.15, -0.1) is 0 Å². The van der Waals surface area contributed by atoms with Gasteiger partial charge in [0, 0.05) is 25.0 Å². The number of ether oxygens (including phenoxy) is 1. The molecule has 24 heavy (non-hydrogen) atoms. The minimum Gasteiger partial charge on any atom is -0.375 e. The number of aryl methyl sites for hydroxylation is 2. The van der Waals surface area contributed by atoms with Crippen molar-refractivity contribution < 1.29 is 9.53 Å². The zero-order valence-electron chi connectivity index (χ0n) is 14.1. The van der Waals surface area contributed by atoms with E-state index in [0.717, 1.165) is 24.1 Å². The Morgan fingerprint density at radius 2 is 2.04 bits per heavy atom. The average Bonchev–Trinajstić information content (AvgIpc) is 2.63. The predicted octanol–water partition coefficient (Wildman–Crippen LogP) is 2.79. The molecule has 1 aliphatic rings. The summed E-state index contributed by atoms with van der Waals surface area (Å²) in [5.74, 6) is 0.161. The smallest absolute Gasteiger partial charge is 0.227 e. The van der Waals surface area contributed by atoms with Crippen LogP contribution in [-0.4, -0.2) is 41.6 Å². The number of benzene rings is 1. The van der Waals surface area contributed by atoms with Gasteiger partial charge in [-0.3, -0.25) is 9.78 Å². The van der Waals surface area contributed by atoms with Gasteiger partial charge in [0.15, 0.2) is 0 Å². The topological polar surface area (TPSA) is 42.4 Å². The molecule has 4 heteroatoms. The third-order valence-electron chi connectivity index (χ3n) is 4.42. The van der Waals surface area contributed by atoms with Crippen molar-refractivity contribution in [2.24, 2.45) is 0 Å². The Bertz CT molecular complexity index is 655. The van der Waals surface area contributed by atoms with Crippen LogP contribution in [0.3, 0.4) is 0 Å². The Hall–Kier alpha value is -2.20.